The molecule has 0 saturated carbocycles. The smallest absolute Gasteiger partial charge is 0.338 e. The first-order valence-corrected chi connectivity index (χ1v) is 7.87. The molecule has 1 aromatic carbocycles. The summed E-state index contributed by atoms with van der Waals surface area (Å²) in [4.78, 5) is 36.2. The SMILES string of the molecule is CC(=O)NCc1ccc(C(=O)COC(=O)c2cccc(C)c2)s1. The first kappa shape index (κ1) is 16.9. The highest BCUT2D eigenvalue weighted by molar-refractivity contribution is 7.14. The van der Waals surface area contributed by atoms with Gasteiger partial charge >= 0.3 is 5.97 Å². The Morgan fingerprint density at radius 3 is 2.65 bits per heavy atom. The molecule has 1 aromatic heterocycles. The number of ether oxygens (including phenoxy) is 1. The molecule has 23 heavy (non-hydrogen) atoms. The summed E-state index contributed by atoms with van der Waals surface area (Å²) in [5.74, 6) is -0.902. The Bertz CT molecular complexity index is 736. The van der Waals surface area contributed by atoms with Crippen molar-refractivity contribution in [2.45, 2.75) is 20.4 Å². The molecule has 0 unspecified atom stereocenters. The lowest BCUT2D eigenvalue weighted by molar-refractivity contribution is -0.119. The average Bonchev–Trinajstić information content (AvgIpc) is 2.99. The van der Waals surface area contributed by atoms with Crippen LogP contribution in [0.2, 0.25) is 0 Å². The van der Waals surface area contributed by atoms with Gasteiger partial charge in [-0.1, -0.05) is 17.7 Å². The van der Waals surface area contributed by atoms with Crippen LogP contribution in [0.15, 0.2) is 36.4 Å². The van der Waals surface area contributed by atoms with Gasteiger partial charge in [0.05, 0.1) is 17.0 Å². The van der Waals surface area contributed by atoms with Crippen LogP contribution in [-0.2, 0) is 16.1 Å². The maximum absolute atomic E-state index is 12.0. The van der Waals surface area contributed by atoms with Gasteiger partial charge in [0.15, 0.2) is 6.61 Å². The minimum absolute atomic E-state index is 0.127. The average molecular weight is 331 g/mol. The lowest BCUT2D eigenvalue weighted by atomic mass is 10.1. The second-order valence-electron chi connectivity index (χ2n) is 5.04. The molecule has 0 spiro atoms. The van der Waals surface area contributed by atoms with Crippen molar-refractivity contribution in [2.75, 3.05) is 6.61 Å². The number of hydrogen-bond donors (Lipinski definition) is 1. The van der Waals surface area contributed by atoms with E-state index in [2.05, 4.69) is 5.32 Å². The fourth-order valence-electron chi connectivity index (χ4n) is 1.89. The fraction of sp³-hybridized carbons (Fsp3) is 0.235. The van der Waals surface area contributed by atoms with E-state index >= 15 is 0 Å². The van der Waals surface area contributed by atoms with Crippen molar-refractivity contribution < 1.29 is 19.1 Å². The van der Waals surface area contributed by atoms with E-state index in [0.717, 1.165) is 10.4 Å². The highest BCUT2D eigenvalue weighted by atomic mass is 32.1. The molecule has 0 radical (unpaired) electrons. The zero-order valence-electron chi connectivity index (χ0n) is 12.9. The van der Waals surface area contributed by atoms with Gasteiger partial charge in [0.1, 0.15) is 0 Å². The Kier molecular flexibility index (Phi) is 5.65. The number of Topliss-reactive ketones (excluding diaryl/α,β-unsaturated/α-hetero) is 1. The summed E-state index contributed by atoms with van der Waals surface area (Å²) in [5, 5.41) is 2.67. The third kappa shape index (κ3) is 5.03. The maximum Gasteiger partial charge on any atom is 0.338 e. The van der Waals surface area contributed by atoms with Crippen LogP contribution in [0.4, 0.5) is 0 Å². The summed E-state index contributed by atoms with van der Waals surface area (Å²) in [5.41, 5.74) is 1.38. The molecule has 120 valence electrons. The quantitative estimate of drug-likeness (QED) is 0.652. The number of carbonyl (C=O) groups excluding carboxylic acids is 3. The highest BCUT2D eigenvalue weighted by Gasteiger charge is 2.14. The standard InChI is InChI=1S/C17H17NO4S/c1-11-4-3-5-13(8-11)17(21)22-10-15(20)16-7-6-14(23-16)9-18-12(2)19/h3-8H,9-10H2,1-2H3,(H,18,19). The number of carbonyl (C=O) groups is 3. The molecule has 5 nitrogen and oxygen atoms in total. The van der Waals surface area contributed by atoms with Gasteiger partial charge in [0.25, 0.3) is 0 Å². The van der Waals surface area contributed by atoms with Gasteiger partial charge in [-0.15, -0.1) is 11.3 Å². The number of ketones is 1. The van der Waals surface area contributed by atoms with Crippen LogP contribution >= 0.6 is 11.3 Å². The summed E-state index contributed by atoms with van der Waals surface area (Å²) in [6.45, 7) is 3.40. The van der Waals surface area contributed by atoms with Crippen molar-refractivity contribution in [3.05, 3.63) is 57.3 Å². The lowest BCUT2D eigenvalue weighted by Gasteiger charge is -2.04. The van der Waals surface area contributed by atoms with Crippen LogP contribution in [0.1, 0.15) is 37.4 Å². The molecule has 0 aliphatic rings. The third-order valence-corrected chi connectivity index (χ3v) is 4.16. The van der Waals surface area contributed by atoms with Crippen molar-refractivity contribution in [1.82, 2.24) is 5.32 Å². The number of hydrogen-bond acceptors (Lipinski definition) is 5. The molecule has 0 atom stereocenters. The molecular weight excluding hydrogens is 314 g/mol. The van der Waals surface area contributed by atoms with E-state index in [0.29, 0.717) is 17.0 Å². The molecule has 2 rings (SSSR count). The van der Waals surface area contributed by atoms with Crippen LogP contribution in [0.25, 0.3) is 0 Å². The van der Waals surface area contributed by atoms with Crippen molar-refractivity contribution in [3.63, 3.8) is 0 Å². The summed E-state index contributed by atoms with van der Waals surface area (Å²) in [6.07, 6.45) is 0. The van der Waals surface area contributed by atoms with Gasteiger partial charge in [-0.3, -0.25) is 9.59 Å². The van der Waals surface area contributed by atoms with Gasteiger partial charge in [-0.05, 0) is 31.2 Å². The first-order chi connectivity index (χ1) is 11.0. The predicted octanol–water partition coefficient (Wildman–Crippen LogP) is 2.73. The number of thiophene rings is 1. The number of amides is 1. The monoisotopic (exact) mass is 331 g/mol. The Labute approximate surface area is 138 Å². The molecule has 2 aromatic rings. The van der Waals surface area contributed by atoms with E-state index in [1.165, 1.54) is 18.3 Å². The summed E-state index contributed by atoms with van der Waals surface area (Å²) >= 11 is 1.28. The van der Waals surface area contributed by atoms with E-state index in [1.54, 1.807) is 30.3 Å². The Hall–Kier alpha value is -2.47. The minimum atomic E-state index is -0.517. The molecule has 1 heterocycles. The van der Waals surface area contributed by atoms with Crippen LogP contribution < -0.4 is 5.32 Å². The number of esters is 1. The number of aryl methyl sites for hydroxylation is 1. The molecule has 6 heteroatoms. The van der Waals surface area contributed by atoms with Crippen molar-refractivity contribution in [3.8, 4) is 0 Å². The third-order valence-electron chi connectivity index (χ3n) is 3.04. The van der Waals surface area contributed by atoms with Crippen molar-refractivity contribution in [1.29, 1.82) is 0 Å². The topological polar surface area (TPSA) is 72.5 Å². The number of rotatable bonds is 6. The zero-order valence-corrected chi connectivity index (χ0v) is 13.7. The van der Waals surface area contributed by atoms with Crippen molar-refractivity contribution >= 4 is 29.0 Å². The van der Waals surface area contributed by atoms with Gasteiger partial charge < -0.3 is 10.1 Å². The molecule has 0 fully saturated rings. The van der Waals surface area contributed by atoms with E-state index in [-0.39, 0.29) is 18.3 Å². The van der Waals surface area contributed by atoms with Crippen LogP contribution in [0, 0.1) is 6.92 Å². The van der Waals surface area contributed by atoms with Gasteiger partial charge in [0.2, 0.25) is 11.7 Å². The van der Waals surface area contributed by atoms with E-state index < -0.39 is 5.97 Å². The van der Waals surface area contributed by atoms with Gasteiger partial charge in [-0.2, -0.15) is 0 Å². The molecule has 0 bridgehead atoms. The Morgan fingerprint density at radius 1 is 1.17 bits per heavy atom. The molecule has 0 aliphatic heterocycles. The fourth-order valence-corrected chi connectivity index (χ4v) is 2.76. The lowest BCUT2D eigenvalue weighted by Crippen LogP contribution is -2.18. The molecular formula is C17H17NO4S. The van der Waals surface area contributed by atoms with E-state index in [1.807, 2.05) is 13.0 Å². The predicted molar refractivity (Wildman–Crippen MR) is 87.6 cm³/mol. The first-order valence-electron chi connectivity index (χ1n) is 7.06. The van der Waals surface area contributed by atoms with Gasteiger partial charge in [0, 0.05) is 11.8 Å². The largest absolute Gasteiger partial charge is 0.454 e. The summed E-state index contributed by atoms with van der Waals surface area (Å²) < 4.78 is 5.06. The summed E-state index contributed by atoms with van der Waals surface area (Å²) in [6, 6.07) is 10.5. The molecule has 0 aliphatic carbocycles. The second-order valence-corrected chi connectivity index (χ2v) is 6.21. The second kappa shape index (κ2) is 7.69. The zero-order chi connectivity index (χ0) is 16.8. The highest BCUT2D eigenvalue weighted by Crippen LogP contribution is 2.17. The van der Waals surface area contributed by atoms with Crippen LogP contribution in [0.3, 0.4) is 0 Å². The number of nitrogens with one attached hydrogen (secondary N) is 1. The van der Waals surface area contributed by atoms with Crippen molar-refractivity contribution in [2.24, 2.45) is 0 Å². The maximum atomic E-state index is 12.0. The normalized spacial score (nSPS) is 10.2. The Morgan fingerprint density at radius 2 is 1.96 bits per heavy atom. The van der Waals surface area contributed by atoms with Gasteiger partial charge in [-0.25, -0.2) is 4.79 Å². The molecule has 1 amide bonds. The van der Waals surface area contributed by atoms with Crippen LogP contribution in [-0.4, -0.2) is 24.3 Å². The minimum Gasteiger partial charge on any atom is -0.454 e. The molecule has 1 N–H and O–H groups in total. The molecule has 0 saturated heterocycles. The Balaban J connectivity index is 1.89. The number of benzene rings is 1. The summed E-state index contributed by atoms with van der Waals surface area (Å²) in [7, 11) is 0. The van der Waals surface area contributed by atoms with E-state index in [4.69, 9.17) is 4.74 Å². The van der Waals surface area contributed by atoms with Crippen LogP contribution in [0.5, 0.6) is 0 Å². The van der Waals surface area contributed by atoms with E-state index in [9.17, 15) is 14.4 Å².